The summed E-state index contributed by atoms with van der Waals surface area (Å²) in [4.78, 5) is 20.3. The summed E-state index contributed by atoms with van der Waals surface area (Å²) in [5.74, 6) is 0. The van der Waals surface area contributed by atoms with E-state index < -0.39 is 0 Å². The molecule has 0 fully saturated rings. The van der Waals surface area contributed by atoms with Gasteiger partial charge in [-0.3, -0.25) is 4.98 Å². The zero-order valence-electron chi connectivity index (χ0n) is 12.4. The average Bonchev–Trinajstić information content (AvgIpc) is 3.09. The Balaban J connectivity index is 1.49. The lowest BCUT2D eigenvalue weighted by molar-refractivity contribution is 0.240. The minimum atomic E-state index is -0.217. The second-order valence-corrected chi connectivity index (χ2v) is 5.83. The maximum absolute atomic E-state index is 11.8. The fourth-order valence-corrected chi connectivity index (χ4v) is 2.78. The molecule has 3 aromatic rings. The Labute approximate surface area is 138 Å². The van der Waals surface area contributed by atoms with Gasteiger partial charge in [-0.1, -0.05) is 36.4 Å². The van der Waals surface area contributed by atoms with Crippen LogP contribution in [0.3, 0.4) is 0 Å². The molecule has 0 aliphatic rings. The van der Waals surface area contributed by atoms with Crippen LogP contribution in [0, 0.1) is 0 Å². The number of nitrogens with zero attached hydrogens (tertiary/aromatic N) is 2. The maximum Gasteiger partial charge on any atom is 0.315 e. The third-order valence-electron chi connectivity index (χ3n) is 3.20. The van der Waals surface area contributed by atoms with Gasteiger partial charge in [-0.2, -0.15) is 0 Å². The highest BCUT2D eigenvalue weighted by atomic mass is 32.1. The topological polar surface area (TPSA) is 66.9 Å². The van der Waals surface area contributed by atoms with Crippen molar-refractivity contribution in [1.82, 2.24) is 20.6 Å². The van der Waals surface area contributed by atoms with Crippen LogP contribution >= 0.6 is 11.3 Å². The van der Waals surface area contributed by atoms with Crippen molar-refractivity contribution < 1.29 is 4.79 Å². The molecule has 3 rings (SSSR count). The van der Waals surface area contributed by atoms with Crippen LogP contribution in [0.1, 0.15) is 10.6 Å². The Bertz CT molecular complexity index is 759. The van der Waals surface area contributed by atoms with Crippen molar-refractivity contribution in [3.8, 4) is 11.3 Å². The van der Waals surface area contributed by atoms with Crippen molar-refractivity contribution in [3.63, 3.8) is 0 Å². The lowest BCUT2D eigenvalue weighted by atomic mass is 10.2. The van der Waals surface area contributed by atoms with Gasteiger partial charge in [0, 0.05) is 29.9 Å². The molecule has 0 saturated heterocycles. The van der Waals surface area contributed by atoms with Gasteiger partial charge in [-0.05, 0) is 11.6 Å². The standard InChI is InChI=1S/C17H16N4OS/c22-17(19-10-13-5-4-8-18-9-13)20-11-16-21-15(12-23-16)14-6-2-1-3-7-14/h1-9,12H,10-11H2,(H2,19,20,22). The molecule has 23 heavy (non-hydrogen) atoms. The molecular weight excluding hydrogens is 308 g/mol. The van der Waals surface area contributed by atoms with E-state index in [2.05, 4.69) is 20.6 Å². The van der Waals surface area contributed by atoms with Crippen LogP contribution in [-0.4, -0.2) is 16.0 Å². The molecule has 5 nitrogen and oxygen atoms in total. The van der Waals surface area contributed by atoms with Crippen molar-refractivity contribution in [1.29, 1.82) is 0 Å². The third kappa shape index (κ3) is 4.37. The molecule has 0 spiro atoms. The Kier molecular flexibility index (Phi) is 4.95. The minimum absolute atomic E-state index is 0.217. The summed E-state index contributed by atoms with van der Waals surface area (Å²) in [6.07, 6.45) is 3.43. The fraction of sp³-hybridized carbons (Fsp3) is 0.118. The predicted molar refractivity (Wildman–Crippen MR) is 90.9 cm³/mol. The quantitative estimate of drug-likeness (QED) is 0.757. The van der Waals surface area contributed by atoms with Crippen LogP contribution < -0.4 is 10.6 Å². The number of rotatable bonds is 5. The number of thiazole rings is 1. The zero-order chi connectivity index (χ0) is 15.9. The number of carbonyl (C=O) groups excluding carboxylic acids is 1. The second-order valence-electron chi connectivity index (χ2n) is 4.89. The first-order valence-corrected chi connectivity index (χ1v) is 8.09. The third-order valence-corrected chi connectivity index (χ3v) is 4.05. The van der Waals surface area contributed by atoms with Gasteiger partial charge in [0.2, 0.25) is 0 Å². The Morgan fingerprint density at radius 1 is 1.04 bits per heavy atom. The van der Waals surface area contributed by atoms with E-state index in [0.29, 0.717) is 13.1 Å². The Hall–Kier alpha value is -2.73. The first kappa shape index (κ1) is 15.2. The highest BCUT2D eigenvalue weighted by Crippen LogP contribution is 2.21. The molecule has 0 unspecified atom stereocenters. The minimum Gasteiger partial charge on any atom is -0.334 e. The molecule has 0 atom stereocenters. The van der Waals surface area contributed by atoms with Crippen LogP contribution in [0.25, 0.3) is 11.3 Å². The largest absolute Gasteiger partial charge is 0.334 e. The molecule has 0 saturated carbocycles. The predicted octanol–water partition coefficient (Wildman–Crippen LogP) is 3.20. The van der Waals surface area contributed by atoms with Gasteiger partial charge in [-0.15, -0.1) is 11.3 Å². The van der Waals surface area contributed by atoms with Gasteiger partial charge in [0.15, 0.2) is 0 Å². The molecule has 0 aliphatic carbocycles. The number of hydrogen-bond acceptors (Lipinski definition) is 4. The van der Waals surface area contributed by atoms with E-state index in [1.54, 1.807) is 12.4 Å². The summed E-state index contributed by atoms with van der Waals surface area (Å²) in [5, 5.41) is 8.48. The summed E-state index contributed by atoms with van der Waals surface area (Å²) in [6, 6.07) is 13.5. The summed E-state index contributed by atoms with van der Waals surface area (Å²) in [6.45, 7) is 0.864. The van der Waals surface area contributed by atoms with E-state index in [1.807, 2.05) is 47.8 Å². The molecule has 2 N–H and O–H groups in total. The molecule has 1 aromatic carbocycles. The number of benzene rings is 1. The van der Waals surface area contributed by atoms with E-state index in [-0.39, 0.29) is 6.03 Å². The van der Waals surface area contributed by atoms with E-state index in [1.165, 1.54) is 11.3 Å². The van der Waals surface area contributed by atoms with E-state index >= 15 is 0 Å². The second kappa shape index (κ2) is 7.51. The van der Waals surface area contributed by atoms with Gasteiger partial charge >= 0.3 is 6.03 Å². The van der Waals surface area contributed by atoms with Crippen LogP contribution in [0.5, 0.6) is 0 Å². The lowest BCUT2D eigenvalue weighted by Gasteiger charge is -2.06. The smallest absolute Gasteiger partial charge is 0.315 e. The summed E-state index contributed by atoms with van der Waals surface area (Å²) < 4.78 is 0. The van der Waals surface area contributed by atoms with Crippen molar-refractivity contribution in [2.75, 3.05) is 0 Å². The van der Waals surface area contributed by atoms with Crippen molar-refractivity contribution >= 4 is 17.4 Å². The summed E-state index contributed by atoms with van der Waals surface area (Å²) in [7, 11) is 0. The number of amides is 2. The van der Waals surface area contributed by atoms with Crippen LogP contribution in [0.15, 0.2) is 60.2 Å². The van der Waals surface area contributed by atoms with E-state index in [0.717, 1.165) is 21.8 Å². The molecule has 2 heterocycles. The van der Waals surface area contributed by atoms with E-state index in [4.69, 9.17) is 0 Å². The molecular formula is C17H16N4OS. The van der Waals surface area contributed by atoms with Crippen molar-refractivity contribution in [2.24, 2.45) is 0 Å². The summed E-state index contributed by atoms with van der Waals surface area (Å²) >= 11 is 1.54. The zero-order valence-corrected chi connectivity index (χ0v) is 13.2. The van der Waals surface area contributed by atoms with Gasteiger partial charge < -0.3 is 10.6 Å². The highest BCUT2D eigenvalue weighted by Gasteiger charge is 2.06. The van der Waals surface area contributed by atoms with Gasteiger partial charge in [0.1, 0.15) is 5.01 Å². The Morgan fingerprint density at radius 3 is 2.65 bits per heavy atom. The van der Waals surface area contributed by atoms with Crippen molar-refractivity contribution in [3.05, 3.63) is 70.8 Å². The first-order chi connectivity index (χ1) is 11.3. The fourth-order valence-electron chi connectivity index (χ4n) is 2.04. The number of aromatic nitrogens is 2. The molecule has 116 valence electrons. The first-order valence-electron chi connectivity index (χ1n) is 7.22. The maximum atomic E-state index is 11.8. The SMILES string of the molecule is O=C(NCc1cccnc1)NCc1nc(-c2ccccc2)cs1. The molecule has 0 aliphatic heterocycles. The number of hydrogen-bond donors (Lipinski definition) is 2. The summed E-state index contributed by atoms with van der Waals surface area (Å²) in [5.41, 5.74) is 2.97. The average molecular weight is 324 g/mol. The molecule has 2 aromatic heterocycles. The number of urea groups is 1. The monoisotopic (exact) mass is 324 g/mol. The number of carbonyl (C=O) groups is 1. The number of nitrogens with one attached hydrogen (secondary N) is 2. The number of pyridine rings is 1. The molecule has 2 amide bonds. The van der Waals surface area contributed by atoms with Crippen LogP contribution in [-0.2, 0) is 13.1 Å². The van der Waals surface area contributed by atoms with Gasteiger partial charge in [0.25, 0.3) is 0 Å². The molecule has 6 heteroatoms. The van der Waals surface area contributed by atoms with Crippen LogP contribution in [0.2, 0.25) is 0 Å². The Morgan fingerprint density at radius 2 is 1.87 bits per heavy atom. The van der Waals surface area contributed by atoms with Crippen LogP contribution in [0.4, 0.5) is 4.79 Å². The molecule has 0 bridgehead atoms. The normalized spacial score (nSPS) is 10.3. The highest BCUT2D eigenvalue weighted by molar-refractivity contribution is 7.09. The van der Waals surface area contributed by atoms with Gasteiger partial charge in [0.05, 0.1) is 12.2 Å². The van der Waals surface area contributed by atoms with E-state index in [9.17, 15) is 4.79 Å². The lowest BCUT2D eigenvalue weighted by Crippen LogP contribution is -2.34. The van der Waals surface area contributed by atoms with Crippen molar-refractivity contribution in [2.45, 2.75) is 13.1 Å². The molecule has 0 radical (unpaired) electrons. The van der Waals surface area contributed by atoms with Gasteiger partial charge in [-0.25, -0.2) is 9.78 Å².